The summed E-state index contributed by atoms with van der Waals surface area (Å²) in [6, 6.07) is 14.7. The van der Waals surface area contributed by atoms with Crippen LogP contribution in [0.1, 0.15) is 68.3 Å². The van der Waals surface area contributed by atoms with Crippen molar-refractivity contribution in [3.05, 3.63) is 59.7 Å². The number of carbonyl (C=O) groups is 1. The van der Waals surface area contributed by atoms with E-state index in [0.717, 1.165) is 37.7 Å². The number of hydrogen-bond acceptors (Lipinski definition) is 7. The molecule has 2 aromatic carbocycles. The summed E-state index contributed by atoms with van der Waals surface area (Å²) in [6.07, 6.45) is 4.77. The molecule has 1 heterocycles. The van der Waals surface area contributed by atoms with Crippen LogP contribution in [0.25, 0.3) is 0 Å². The Morgan fingerprint density at radius 3 is 2.35 bits per heavy atom. The van der Waals surface area contributed by atoms with Gasteiger partial charge in [0, 0.05) is 56.9 Å². The van der Waals surface area contributed by atoms with Gasteiger partial charge in [-0.15, -0.1) is 0 Å². The summed E-state index contributed by atoms with van der Waals surface area (Å²) >= 11 is 0. The second kappa shape index (κ2) is 15.4. The number of methoxy groups -OCH3 is 2. The van der Waals surface area contributed by atoms with E-state index in [-0.39, 0.29) is 35.8 Å². The molecule has 4 rings (SSSR count). The van der Waals surface area contributed by atoms with Crippen LogP contribution in [0.4, 0.5) is 0 Å². The Morgan fingerprint density at radius 1 is 1.00 bits per heavy atom. The van der Waals surface area contributed by atoms with Crippen molar-refractivity contribution in [2.45, 2.75) is 82.3 Å². The molecule has 1 amide bonds. The molecule has 0 unspecified atom stereocenters. The van der Waals surface area contributed by atoms with Crippen LogP contribution in [0.5, 0.6) is 11.5 Å². The fourth-order valence-electron chi connectivity index (χ4n) is 5.91. The zero-order valence-electron chi connectivity index (χ0n) is 26.0. The minimum atomic E-state index is -3.43. The second-order valence-corrected chi connectivity index (χ2v) is 13.7. The fraction of sp³-hybridized carbons (Fsp3) is 0.594. The lowest BCUT2D eigenvalue weighted by Crippen LogP contribution is -2.55. The molecule has 1 aliphatic heterocycles. The van der Waals surface area contributed by atoms with Crippen molar-refractivity contribution in [1.82, 2.24) is 14.0 Å². The van der Waals surface area contributed by atoms with E-state index in [2.05, 4.69) is 0 Å². The summed E-state index contributed by atoms with van der Waals surface area (Å²) in [5, 5.41) is 0. The van der Waals surface area contributed by atoms with E-state index in [1.165, 1.54) is 0 Å². The summed E-state index contributed by atoms with van der Waals surface area (Å²) in [6.45, 7) is 6.04. The molecule has 9 nitrogen and oxygen atoms in total. The van der Waals surface area contributed by atoms with Crippen LogP contribution in [0.15, 0.2) is 48.5 Å². The topological polar surface area (TPSA) is 88.6 Å². The Balaban J connectivity index is 1.38. The van der Waals surface area contributed by atoms with Crippen molar-refractivity contribution in [3.63, 3.8) is 0 Å². The molecule has 11 heteroatoms. The minimum Gasteiger partial charge on any atom is -0.493 e. The maximum Gasteiger partial charge on any atom is 0.254 e. The van der Waals surface area contributed by atoms with E-state index in [4.69, 9.17) is 22.2 Å². The highest BCUT2D eigenvalue weighted by molar-refractivity contribution is 7.88. The number of nitrogens with zero attached hydrogens (tertiary/aromatic N) is 3. The van der Waals surface area contributed by atoms with Crippen LogP contribution in [0.3, 0.4) is 0 Å². The third kappa shape index (κ3) is 8.97. The predicted octanol–water partition coefficient (Wildman–Crippen LogP) is 4.26. The quantitative estimate of drug-likeness (QED) is 0.207. The number of hydrogen-bond donors (Lipinski definition) is 0. The zero-order valence-corrected chi connectivity index (χ0v) is 26.8. The molecule has 0 N–H and O–H groups in total. The van der Waals surface area contributed by atoms with Crippen molar-refractivity contribution < 1.29 is 27.4 Å². The van der Waals surface area contributed by atoms with E-state index >= 15 is 0 Å². The first-order chi connectivity index (χ1) is 20.6. The van der Waals surface area contributed by atoms with Gasteiger partial charge >= 0.3 is 0 Å². The van der Waals surface area contributed by atoms with E-state index < -0.39 is 10.0 Å². The fourth-order valence-corrected chi connectivity index (χ4v) is 7.73. The Morgan fingerprint density at radius 2 is 1.72 bits per heavy atom. The van der Waals surface area contributed by atoms with Gasteiger partial charge in [-0.05, 0) is 75.8 Å². The van der Waals surface area contributed by atoms with E-state index in [1.54, 1.807) is 36.7 Å². The first kappa shape index (κ1) is 33.3. The van der Waals surface area contributed by atoms with Gasteiger partial charge in [0.1, 0.15) is 0 Å². The Kier molecular flexibility index (Phi) is 11.9. The van der Waals surface area contributed by atoms with Gasteiger partial charge < -0.3 is 23.9 Å². The van der Waals surface area contributed by atoms with Gasteiger partial charge in [-0.25, -0.2) is 8.42 Å². The molecular weight excluding hydrogens is 565 g/mol. The molecule has 2 radical (unpaired) electrons. The van der Waals surface area contributed by atoms with Crippen LogP contribution in [0, 0.1) is 0 Å². The largest absolute Gasteiger partial charge is 0.493 e. The molecule has 0 spiro atoms. The molecular formula is C32H46BN3O6S. The van der Waals surface area contributed by atoms with Gasteiger partial charge in [0.15, 0.2) is 19.5 Å². The molecule has 2 aromatic rings. The number of sulfonamides is 1. The minimum absolute atomic E-state index is 0.0140. The molecule has 1 saturated heterocycles. The van der Waals surface area contributed by atoms with Crippen molar-refractivity contribution in [1.29, 1.82) is 0 Å². The Hall–Kier alpha value is -2.60. The van der Waals surface area contributed by atoms with Gasteiger partial charge in [0.2, 0.25) is 10.0 Å². The predicted molar refractivity (Wildman–Crippen MR) is 169 cm³/mol. The van der Waals surface area contributed by atoms with E-state index in [0.29, 0.717) is 49.8 Å². The SMILES string of the molecule is [B]N1C[C@H](N(C(=O)c2ccc(OC)c(OCCCOC)c2)C(C)C)CC[C@@H]1CCN(C1CC1)S(=O)(=O)Cc1ccccc1. The summed E-state index contributed by atoms with van der Waals surface area (Å²) in [7, 11) is 6.38. The molecule has 234 valence electrons. The van der Waals surface area contributed by atoms with Crippen molar-refractivity contribution in [3.8, 4) is 11.5 Å². The molecule has 0 bridgehead atoms. The lowest BCUT2D eigenvalue weighted by Gasteiger charge is -2.44. The highest BCUT2D eigenvalue weighted by Gasteiger charge is 2.39. The third-order valence-corrected chi connectivity index (χ3v) is 10.1. The molecule has 2 atom stereocenters. The van der Waals surface area contributed by atoms with Gasteiger partial charge in [-0.3, -0.25) is 4.79 Å². The summed E-state index contributed by atoms with van der Waals surface area (Å²) in [5.41, 5.74) is 1.33. The molecule has 1 aliphatic carbocycles. The molecule has 1 saturated carbocycles. The Labute approximate surface area is 258 Å². The van der Waals surface area contributed by atoms with Crippen LogP contribution >= 0.6 is 0 Å². The molecule has 2 fully saturated rings. The van der Waals surface area contributed by atoms with Crippen molar-refractivity contribution >= 4 is 23.9 Å². The van der Waals surface area contributed by atoms with Gasteiger partial charge in [0.05, 0.1) is 19.5 Å². The normalized spacial score (nSPS) is 19.5. The zero-order chi connectivity index (χ0) is 31.0. The van der Waals surface area contributed by atoms with Gasteiger partial charge in [-0.2, -0.15) is 4.31 Å². The van der Waals surface area contributed by atoms with Crippen LogP contribution < -0.4 is 9.47 Å². The molecule has 43 heavy (non-hydrogen) atoms. The Bertz CT molecular complexity index is 1290. The van der Waals surface area contributed by atoms with E-state index in [1.807, 2.05) is 53.9 Å². The number of carbonyl (C=O) groups excluding carboxylic acids is 1. The maximum absolute atomic E-state index is 13.8. The number of amides is 1. The van der Waals surface area contributed by atoms with Gasteiger partial charge in [-0.1, -0.05) is 30.3 Å². The van der Waals surface area contributed by atoms with Crippen LogP contribution in [-0.2, 0) is 20.5 Å². The number of ether oxygens (including phenoxy) is 3. The van der Waals surface area contributed by atoms with Crippen LogP contribution in [-0.4, -0.2) is 101 Å². The monoisotopic (exact) mass is 611 g/mol. The average Bonchev–Trinajstić information content (AvgIpc) is 3.81. The van der Waals surface area contributed by atoms with Gasteiger partial charge in [0.25, 0.3) is 5.91 Å². The van der Waals surface area contributed by atoms with Crippen LogP contribution in [0.2, 0.25) is 0 Å². The highest BCUT2D eigenvalue weighted by atomic mass is 32.2. The second-order valence-electron chi connectivity index (χ2n) is 11.8. The summed E-state index contributed by atoms with van der Waals surface area (Å²) in [4.78, 5) is 17.6. The summed E-state index contributed by atoms with van der Waals surface area (Å²) < 4.78 is 44.8. The first-order valence-corrected chi connectivity index (χ1v) is 16.9. The molecule has 0 aromatic heterocycles. The first-order valence-electron chi connectivity index (χ1n) is 15.3. The molecule has 2 aliphatic rings. The third-order valence-electron chi connectivity index (χ3n) is 8.25. The average molecular weight is 612 g/mol. The van der Waals surface area contributed by atoms with Crippen molar-refractivity contribution in [2.75, 3.05) is 40.5 Å². The standard InChI is InChI=1S/C32H46BN3O6S/c1-24(2)36(32(37)26-11-16-30(41-4)31(21-26)42-20-8-19-40-3)29-15-12-27(34(33)22-29)17-18-35(28-13-14-28)43(38,39)23-25-9-6-5-7-10-25/h5-7,9-11,16,21,24,27-29H,8,12-15,17-20,22-23H2,1-4H3/t27-,29-/m1/s1. The highest BCUT2D eigenvalue weighted by Crippen LogP contribution is 2.33. The number of piperidine rings is 1. The smallest absolute Gasteiger partial charge is 0.254 e. The maximum atomic E-state index is 13.8. The van der Waals surface area contributed by atoms with E-state index in [9.17, 15) is 13.2 Å². The lowest BCUT2D eigenvalue weighted by atomic mass is 9.91. The number of benzene rings is 2. The number of rotatable bonds is 16. The lowest BCUT2D eigenvalue weighted by molar-refractivity contribution is 0.0470. The summed E-state index contributed by atoms with van der Waals surface area (Å²) in [5.74, 6) is 1.04. The van der Waals surface area contributed by atoms with Crippen molar-refractivity contribution in [2.24, 2.45) is 0 Å².